The minimum Gasteiger partial charge on any atom is -0.377 e. The standard InChI is InChI=1S/C15H21N3O2/c1-5-20-11(2)12-6-8-13(9-7-12)15-16-14(10-19-4)18(3)17-15/h6-9,11H,5,10H2,1-4H3. The van der Waals surface area contributed by atoms with Gasteiger partial charge >= 0.3 is 0 Å². The zero-order valence-electron chi connectivity index (χ0n) is 12.5. The molecule has 0 radical (unpaired) electrons. The summed E-state index contributed by atoms with van der Waals surface area (Å²) in [5.74, 6) is 1.53. The molecule has 0 bridgehead atoms. The molecule has 0 saturated heterocycles. The molecule has 108 valence electrons. The molecule has 1 aromatic carbocycles. The summed E-state index contributed by atoms with van der Waals surface area (Å²) >= 11 is 0. The number of hydrogen-bond donors (Lipinski definition) is 0. The van der Waals surface area contributed by atoms with Crippen LogP contribution in [0.5, 0.6) is 0 Å². The minimum atomic E-state index is 0.106. The van der Waals surface area contributed by atoms with Gasteiger partial charge in [0, 0.05) is 26.3 Å². The average molecular weight is 275 g/mol. The van der Waals surface area contributed by atoms with Crippen LogP contribution in [0.2, 0.25) is 0 Å². The van der Waals surface area contributed by atoms with Crippen molar-refractivity contribution in [1.82, 2.24) is 14.8 Å². The van der Waals surface area contributed by atoms with Crippen LogP contribution in [0.3, 0.4) is 0 Å². The lowest BCUT2D eigenvalue weighted by molar-refractivity contribution is 0.0764. The number of benzene rings is 1. The summed E-state index contributed by atoms with van der Waals surface area (Å²) in [7, 11) is 3.52. The van der Waals surface area contributed by atoms with Crippen LogP contribution in [-0.4, -0.2) is 28.5 Å². The minimum absolute atomic E-state index is 0.106. The zero-order chi connectivity index (χ0) is 14.5. The highest BCUT2D eigenvalue weighted by molar-refractivity contribution is 5.55. The monoisotopic (exact) mass is 275 g/mol. The molecule has 0 fully saturated rings. The van der Waals surface area contributed by atoms with Crippen molar-refractivity contribution in [1.29, 1.82) is 0 Å². The van der Waals surface area contributed by atoms with Crippen molar-refractivity contribution in [2.45, 2.75) is 26.6 Å². The Hall–Kier alpha value is -1.72. The zero-order valence-corrected chi connectivity index (χ0v) is 12.5. The Labute approximate surface area is 119 Å². The van der Waals surface area contributed by atoms with Crippen molar-refractivity contribution in [3.05, 3.63) is 35.7 Å². The molecule has 0 aliphatic heterocycles. The lowest BCUT2D eigenvalue weighted by Crippen LogP contribution is -2.00. The highest BCUT2D eigenvalue weighted by Gasteiger charge is 2.10. The third-order valence-electron chi connectivity index (χ3n) is 3.18. The fraction of sp³-hybridized carbons (Fsp3) is 0.467. The Kier molecular flexibility index (Phi) is 4.87. The molecular formula is C15H21N3O2. The van der Waals surface area contributed by atoms with Crippen LogP contribution < -0.4 is 0 Å². The van der Waals surface area contributed by atoms with Crippen LogP contribution in [0.1, 0.15) is 31.3 Å². The molecule has 1 unspecified atom stereocenters. The van der Waals surface area contributed by atoms with Crippen LogP contribution in [0, 0.1) is 0 Å². The Morgan fingerprint density at radius 2 is 1.95 bits per heavy atom. The molecule has 1 heterocycles. The third kappa shape index (κ3) is 3.23. The second-order valence-corrected chi connectivity index (χ2v) is 4.63. The molecule has 20 heavy (non-hydrogen) atoms. The molecule has 0 saturated carbocycles. The van der Waals surface area contributed by atoms with Crippen LogP contribution in [0.15, 0.2) is 24.3 Å². The summed E-state index contributed by atoms with van der Waals surface area (Å²) in [6.45, 7) is 5.22. The summed E-state index contributed by atoms with van der Waals surface area (Å²) < 4.78 is 12.4. The van der Waals surface area contributed by atoms with E-state index in [1.54, 1.807) is 11.8 Å². The molecular weight excluding hydrogens is 254 g/mol. The first-order chi connectivity index (χ1) is 9.65. The first-order valence-corrected chi connectivity index (χ1v) is 6.76. The molecule has 5 nitrogen and oxygen atoms in total. The van der Waals surface area contributed by atoms with Gasteiger partial charge in [-0.3, -0.25) is 4.68 Å². The molecule has 2 rings (SSSR count). The van der Waals surface area contributed by atoms with Crippen molar-refractivity contribution in [2.24, 2.45) is 7.05 Å². The number of rotatable bonds is 6. The molecule has 2 aromatic rings. The maximum Gasteiger partial charge on any atom is 0.181 e. The van der Waals surface area contributed by atoms with Gasteiger partial charge < -0.3 is 9.47 Å². The van der Waals surface area contributed by atoms with Crippen molar-refractivity contribution in [2.75, 3.05) is 13.7 Å². The maximum atomic E-state index is 5.58. The van der Waals surface area contributed by atoms with Crippen LogP contribution >= 0.6 is 0 Å². The molecule has 0 N–H and O–H groups in total. The van der Waals surface area contributed by atoms with E-state index in [0.29, 0.717) is 13.2 Å². The summed E-state index contributed by atoms with van der Waals surface area (Å²) in [6, 6.07) is 8.16. The highest BCUT2D eigenvalue weighted by Crippen LogP contribution is 2.21. The Bertz CT molecular complexity index is 549. The van der Waals surface area contributed by atoms with Crippen LogP contribution in [-0.2, 0) is 23.1 Å². The van der Waals surface area contributed by atoms with Gasteiger partial charge in [-0.25, -0.2) is 4.98 Å². The first-order valence-electron chi connectivity index (χ1n) is 6.76. The van der Waals surface area contributed by atoms with Gasteiger partial charge in [-0.15, -0.1) is 0 Å². The van der Waals surface area contributed by atoms with E-state index in [2.05, 4.69) is 22.2 Å². The number of aromatic nitrogens is 3. The van der Waals surface area contributed by atoms with E-state index >= 15 is 0 Å². The second kappa shape index (κ2) is 6.63. The first kappa shape index (κ1) is 14.7. The van der Waals surface area contributed by atoms with Gasteiger partial charge in [0.05, 0.1) is 6.10 Å². The molecule has 5 heteroatoms. The summed E-state index contributed by atoms with van der Waals surface area (Å²) in [4.78, 5) is 4.48. The fourth-order valence-corrected chi connectivity index (χ4v) is 2.04. The predicted molar refractivity (Wildman–Crippen MR) is 77.2 cm³/mol. The number of ether oxygens (including phenoxy) is 2. The average Bonchev–Trinajstić information content (AvgIpc) is 2.81. The van der Waals surface area contributed by atoms with E-state index in [-0.39, 0.29) is 6.10 Å². The van der Waals surface area contributed by atoms with Gasteiger partial charge in [0.2, 0.25) is 0 Å². The Morgan fingerprint density at radius 3 is 2.55 bits per heavy atom. The van der Waals surface area contributed by atoms with E-state index in [1.165, 1.54) is 0 Å². The summed E-state index contributed by atoms with van der Waals surface area (Å²) in [5.41, 5.74) is 2.15. The van der Waals surface area contributed by atoms with Crippen LogP contribution in [0.4, 0.5) is 0 Å². The summed E-state index contributed by atoms with van der Waals surface area (Å²) in [5, 5.41) is 4.40. The van der Waals surface area contributed by atoms with Gasteiger partial charge in [0.25, 0.3) is 0 Å². The number of methoxy groups -OCH3 is 1. The molecule has 1 aromatic heterocycles. The third-order valence-corrected chi connectivity index (χ3v) is 3.18. The van der Waals surface area contributed by atoms with E-state index in [0.717, 1.165) is 22.8 Å². The molecule has 0 aliphatic rings. The molecule has 0 spiro atoms. The summed E-state index contributed by atoms with van der Waals surface area (Å²) in [6.07, 6.45) is 0.106. The van der Waals surface area contributed by atoms with Gasteiger partial charge in [-0.05, 0) is 19.4 Å². The van der Waals surface area contributed by atoms with E-state index in [4.69, 9.17) is 9.47 Å². The quantitative estimate of drug-likeness (QED) is 0.813. The Morgan fingerprint density at radius 1 is 1.25 bits per heavy atom. The second-order valence-electron chi connectivity index (χ2n) is 4.63. The highest BCUT2D eigenvalue weighted by atomic mass is 16.5. The van der Waals surface area contributed by atoms with E-state index < -0.39 is 0 Å². The van der Waals surface area contributed by atoms with Gasteiger partial charge in [0.15, 0.2) is 11.6 Å². The lowest BCUT2D eigenvalue weighted by Gasteiger charge is -2.11. The van der Waals surface area contributed by atoms with E-state index in [9.17, 15) is 0 Å². The predicted octanol–water partition coefficient (Wildman–Crippen LogP) is 2.73. The van der Waals surface area contributed by atoms with Gasteiger partial charge in [0.1, 0.15) is 6.61 Å². The topological polar surface area (TPSA) is 49.2 Å². The smallest absolute Gasteiger partial charge is 0.181 e. The van der Waals surface area contributed by atoms with Crippen LogP contribution in [0.25, 0.3) is 11.4 Å². The maximum absolute atomic E-state index is 5.58. The van der Waals surface area contributed by atoms with Gasteiger partial charge in [-0.2, -0.15) is 5.10 Å². The SMILES string of the molecule is CCOC(C)c1ccc(-c2nc(COC)n(C)n2)cc1. The van der Waals surface area contributed by atoms with Crippen molar-refractivity contribution >= 4 is 0 Å². The lowest BCUT2D eigenvalue weighted by atomic mass is 10.1. The van der Waals surface area contributed by atoms with E-state index in [1.807, 2.05) is 33.0 Å². The van der Waals surface area contributed by atoms with Crippen molar-refractivity contribution in [3.8, 4) is 11.4 Å². The fourth-order valence-electron chi connectivity index (χ4n) is 2.04. The largest absolute Gasteiger partial charge is 0.377 e. The molecule has 0 aliphatic carbocycles. The molecule has 0 amide bonds. The number of hydrogen-bond acceptors (Lipinski definition) is 4. The van der Waals surface area contributed by atoms with Crippen molar-refractivity contribution in [3.63, 3.8) is 0 Å². The van der Waals surface area contributed by atoms with Gasteiger partial charge in [-0.1, -0.05) is 24.3 Å². The number of nitrogens with zero attached hydrogens (tertiary/aromatic N) is 3. The number of aryl methyl sites for hydroxylation is 1. The Balaban J connectivity index is 2.19. The normalized spacial score (nSPS) is 12.6. The van der Waals surface area contributed by atoms with Crippen molar-refractivity contribution < 1.29 is 9.47 Å². The molecule has 1 atom stereocenters.